The van der Waals surface area contributed by atoms with Crippen LogP contribution in [0.3, 0.4) is 0 Å². The van der Waals surface area contributed by atoms with Crippen LogP contribution in [0, 0.1) is 0 Å². The number of likely N-dealkylation sites (tertiary alicyclic amines) is 1. The molecule has 2 fully saturated rings. The van der Waals surface area contributed by atoms with Crippen LogP contribution < -0.4 is 4.74 Å². The number of carbonyl (C=O) groups excluding carboxylic acids is 1. The number of rotatable bonds is 0. The van der Waals surface area contributed by atoms with Crippen molar-refractivity contribution in [2.24, 2.45) is 0 Å². The number of piperidine rings is 1. The van der Waals surface area contributed by atoms with Crippen molar-refractivity contribution >= 4 is 5.78 Å². The third kappa shape index (κ3) is 1.13. The van der Waals surface area contributed by atoms with Gasteiger partial charge in [-0.3, -0.25) is 4.79 Å². The van der Waals surface area contributed by atoms with Crippen LogP contribution >= 0.6 is 0 Å². The molecule has 2 unspecified atom stereocenters. The molecule has 1 spiro atoms. The molecule has 0 aromatic heterocycles. The molecular weight excluding hydrogens is 282 g/mol. The van der Waals surface area contributed by atoms with Crippen molar-refractivity contribution in [3.8, 4) is 11.5 Å². The first-order valence-electron chi connectivity index (χ1n) is 7.96. The maximum atomic E-state index is 12.5. The second kappa shape index (κ2) is 3.66. The van der Waals surface area contributed by atoms with Gasteiger partial charge in [-0.05, 0) is 44.5 Å². The molecular formula is C17H19NO4. The van der Waals surface area contributed by atoms with Crippen LogP contribution in [-0.2, 0) is 16.6 Å². The minimum atomic E-state index is -0.954. The number of Topliss-reactive ketones (excluding diaryl/α,β-unsaturated/α-hetero) is 1. The summed E-state index contributed by atoms with van der Waals surface area (Å²) in [7, 11) is 2.04. The summed E-state index contributed by atoms with van der Waals surface area (Å²) in [6, 6.07) is 3.57. The van der Waals surface area contributed by atoms with Gasteiger partial charge in [0, 0.05) is 18.0 Å². The summed E-state index contributed by atoms with van der Waals surface area (Å²) in [4.78, 5) is 14.7. The number of phenols is 1. The number of carbonyl (C=O) groups is 1. The molecule has 5 rings (SSSR count). The largest absolute Gasteiger partial charge is 0.504 e. The Hall–Kier alpha value is -1.59. The van der Waals surface area contributed by atoms with Gasteiger partial charge in [0.05, 0.1) is 11.0 Å². The highest BCUT2D eigenvalue weighted by molar-refractivity contribution is 5.90. The van der Waals surface area contributed by atoms with Gasteiger partial charge in [-0.1, -0.05) is 6.07 Å². The van der Waals surface area contributed by atoms with E-state index in [0.717, 1.165) is 24.1 Å². The van der Waals surface area contributed by atoms with Gasteiger partial charge in [0.15, 0.2) is 23.4 Å². The lowest BCUT2D eigenvalue weighted by molar-refractivity contribution is -0.185. The summed E-state index contributed by atoms with van der Waals surface area (Å²) in [6.45, 7) is 0.828. The summed E-state index contributed by atoms with van der Waals surface area (Å²) >= 11 is 0. The van der Waals surface area contributed by atoms with Crippen molar-refractivity contribution in [1.82, 2.24) is 4.90 Å². The first kappa shape index (κ1) is 12.9. The Morgan fingerprint density at radius 2 is 2.18 bits per heavy atom. The molecule has 2 aliphatic carbocycles. The van der Waals surface area contributed by atoms with Crippen molar-refractivity contribution in [3.05, 3.63) is 23.3 Å². The molecule has 22 heavy (non-hydrogen) atoms. The van der Waals surface area contributed by atoms with Gasteiger partial charge in [0.1, 0.15) is 0 Å². The number of benzene rings is 1. The maximum absolute atomic E-state index is 12.5. The molecule has 4 atom stereocenters. The summed E-state index contributed by atoms with van der Waals surface area (Å²) in [5.74, 6) is 0.561. The molecule has 1 saturated heterocycles. The zero-order valence-corrected chi connectivity index (χ0v) is 12.5. The molecule has 0 amide bonds. The summed E-state index contributed by atoms with van der Waals surface area (Å²) in [6.07, 6.45) is 1.61. The highest BCUT2D eigenvalue weighted by Crippen LogP contribution is 2.64. The Bertz CT molecular complexity index is 717. The maximum Gasteiger partial charge on any atom is 0.174 e. The third-order valence-electron chi connectivity index (χ3n) is 6.53. The first-order valence-corrected chi connectivity index (χ1v) is 7.96. The molecule has 2 N–H and O–H groups in total. The molecule has 1 aromatic rings. The number of ketones is 1. The van der Waals surface area contributed by atoms with Crippen molar-refractivity contribution in [2.75, 3.05) is 13.6 Å². The number of ether oxygens (including phenoxy) is 1. The lowest BCUT2D eigenvalue weighted by atomic mass is 9.49. The van der Waals surface area contributed by atoms with Crippen LogP contribution in [0.1, 0.15) is 30.4 Å². The monoisotopic (exact) mass is 301 g/mol. The predicted molar refractivity (Wildman–Crippen MR) is 78.1 cm³/mol. The van der Waals surface area contributed by atoms with E-state index in [9.17, 15) is 15.0 Å². The average molecular weight is 301 g/mol. The van der Waals surface area contributed by atoms with Crippen LogP contribution in [0.5, 0.6) is 11.5 Å². The van der Waals surface area contributed by atoms with E-state index in [1.165, 1.54) is 0 Å². The van der Waals surface area contributed by atoms with Crippen LogP contribution in [0.2, 0.25) is 0 Å². The van der Waals surface area contributed by atoms with Crippen molar-refractivity contribution in [1.29, 1.82) is 0 Å². The second-order valence-corrected chi connectivity index (χ2v) is 7.26. The highest BCUT2D eigenvalue weighted by Gasteiger charge is 2.72. The first-order chi connectivity index (χ1) is 10.5. The molecule has 2 bridgehead atoms. The van der Waals surface area contributed by atoms with Gasteiger partial charge >= 0.3 is 0 Å². The van der Waals surface area contributed by atoms with E-state index in [1.54, 1.807) is 6.07 Å². The van der Waals surface area contributed by atoms with Gasteiger partial charge < -0.3 is 19.8 Å². The molecule has 5 nitrogen and oxygen atoms in total. The van der Waals surface area contributed by atoms with Crippen LogP contribution in [0.4, 0.5) is 0 Å². The SMILES string of the molecule is CN1CCC23c4c5ccc(O)c4O[C@H]2C(=O)CCC3(O)[C@H]1C5. The molecule has 1 saturated carbocycles. The van der Waals surface area contributed by atoms with E-state index < -0.39 is 17.1 Å². The fraction of sp³-hybridized carbons (Fsp3) is 0.588. The number of phenolic OH excluding ortho intramolecular Hbond substituents is 1. The number of hydrogen-bond donors (Lipinski definition) is 2. The van der Waals surface area contributed by atoms with E-state index in [2.05, 4.69) is 4.90 Å². The average Bonchev–Trinajstić information content (AvgIpc) is 2.85. The van der Waals surface area contributed by atoms with E-state index >= 15 is 0 Å². The smallest absolute Gasteiger partial charge is 0.174 e. The van der Waals surface area contributed by atoms with E-state index in [1.807, 2.05) is 13.1 Å². The quantitative estimate of drug-likeness (QED) is 0.740. The minimum Gasteiger partial charge on any atom is -0.504 e. The molecule has 0 radical (unpaired) electrons. The number of likely N-dealkylation sites (N-methyl/N-ethyl adjacent to an activating group) is 1. The summed E-state index contributed by atoms with van der Waals surface area (Å²) in [5.41, 5.74) is 0.370. The Morgan fingerprint density at radius 1 is 1.36 bits per heavy atom. The highest BCUT2D eigenvalue weighted by atomic mass is 16.5. The van der Waals surface area contributed by atoms with Crippen molar-refractivity contribution < 1.29 is 19.7 Å². The van der Waals surface area contributed by atoms with E-state index in [4.69, 9.17) is 4.74 Å². The van der Waals surface area contributed by atoms with E-state index in [-0.39, 0.29) is 17.6 Å². The Morgan fingerprint density at radius 3 is 3.00 bits per heavy atom. The van der Waals surface area contributed by atoms with Crippen LogP contribution in [0.15, 0.2) is 12.1 Å². The van der Waals surface area contributed by atoms with Gasteiger partial charge in [-0.15, -0.1) is 0 Å². The minimum absolute atomic E-state index is 0.00319. The van der Waals surface area contributed by atoms with Crippen molar-refractivity contribution in [2.45, 2.75) is 48.8 Å². The number of nitrogens with zero attached hydrogens (tertiary/aromatic N) is 1. The van der Waals surface area contributed by atoms with Crippen LogP contribution in [-0.4, -0.2) is 52.2 Å². The summed E-state index contributed by atoms with van der Waals surface area (Å²) < 4.78 is 5.94. The lowest BCUT2D eigenvalue weighted by Gasteiger charge is -2.61. The third-order valence-corrected chi connectivity index (χ3v) is 6.53. The number of aromatic hydroxyl groups is 1. The molecule has 1 aromatic carbocycles. The normalized spacial score (nSPS) is 42.0. The molecule has 2 heterocycles. The van der Waals surface area contributed by atoms with Gasteiger partial charge in [0.25, 0.3) is 0 Å². The molecule has 116 valence electrons. The molecule has 4 aliphatic rings. The second-order valence-electron chi connectivity index (χ2n) is 7.26. The lowest BCUT2D eigenvalue weighted by Crippen LogP contribution is -2.76. The Labute approximate surface area is 128 Å². The predicted octanol–water partition coefficient (Wildman–Crippen LogP) is 0.745. The standard InChI is InChI=1S/C17H19NO4/c1-18-7-6-16-13-9-2-3-10(19)14(13)22-15(16)11(20)4-5-17(16,21)12(18)8-9/h2-3,12,15,19,21H,4-8H2,1H3/t12-,15+,16?,17?/m1/s1. The zero-order chi connectivity index (χ0) is 15.3. The van der Waals surface area contributed by atoms with Crippen molar-refractivity contribution in [3.63, 3.8) is 0 Å². The topological polar surface area (TPSA) is 70.0 Å². The zero-order valence-electron chi connectivity index (χ0n) is 12.5. The van der Waals surface area contributed by atoms with Gasteiger partial charge in [-0.2, -0.15) is 0 Å². The van der Waals surface area contributed by atoms with Crippen LogP contribution in [0.25, 0.3) is 0 Å². The van der Waals surface area contributed by atoms with Gasteiger partial charge in [-0.25, -0.2) is 0 Å². The fourth-order valence-electron chi connectivity index (χ4n) is 5.54. The fourth-order valence-corrected chi connectivity index (χ4v) is 5.54. The van der Waals surface area contributed by atoms with E-state index in [0.29, 0.717) is 25.0 Å². The molecule has 2 aliphatic heterocycles. The van der Waals surface area contributed by atoms with Gasteiger partial charge in [0.2, 0.25) is 0 Å². The Balaban J connectivity index is 1.88. The Kier molecular flexibility index (Phi) is 2.15. The number of hydrogen-bond acceptors (Lipinski definition) is 5. The summed E-state index contributed by atoms with van der Waals surface area (Å²) in [5, 5.41) is 21.8. The number of aliphatic hydroxyl groups is 1. The molecule has 5 heteroatoms.